The Kier molecular flexibility index (Phi) is 5.82. The highest BCUT2D eigenvalue weighted by atomic mass is 16.5. The van der Waals surface area contributed by atoms with Gasteiger partial charge in [-0.15, -0.1) is 0 Å². The van der Waals surface area contributed by atoms with E-state index in [9.17, 15) is 0 Å². The van der Waals surface area contributed by atoms with Crippen molar-refractivity contribution >= 4 is 38.9 Å². The second kappa shape index (κ2) is 10.3. The number of benzene rings is 7. The minimum atomic E-state index is 0.846. The number of ether oxygens (including phenoxy) is 1. The number of rotatable bonds is 5. The summed E-state index contributed by atoms with van der Waals surface area (Å²) < 4.78 is 8.87. The van der Waals surface area contributed by atoms with Gasteiger partial charge in [0, 0.05) is 27.8 Å². The molecule has 1 aromatic heterocycles. The molecule has 0 aliphatic carbocycles. The molecule has 1 aliphatic heterocycles. The van der Waals surface area contributed by atoms with Crippen LogP contribution in [0.2, 0.25) is 0 Å². The molecule has 0 spiro atoms. The summed E-state index contributed by atoms with van der Waals surface area (Å²) in [6.07, 6.45) is 0. The van der Waals surface area contributed by atoms with E-state index in [1.807, 2.05) is 0 Å². The molecule has 0 atom stereocenters. The largest absolute Gasteiger partial charge is 0.453 e. The molecule has 8 aromatic rings. The van der Waals surface area contributed by atoms with Crippen molar-refractivity contribution in [3.05, 3.63) is 170 Å². The lowest BCUT2D eigenvalue weighted by atomic mass is 10.0. The first-order chi connectivity index (χ1) is 22.3. The van der Waals surface area contributed by atoms with Crippen LogP contribution in [0.5, 0.6) is 11.5 Å². The monoisotopic (exact) mass is 576 g/mol. The van der Waals surface area contributed by atoms with E-state index in [2.05, 4.69) is 179 Å². The van der Waals surface area contributed by atoms with Gasteiger partial charge in [0.05, 0.1) is 16.7 Å². The molecule has 9 rings (SSSR count). The second-order valence-corrected chi connectivity index (χ2v) is 11.4. The van der Waals surface area contributed by atoms with E-state index in [1.165, 1.54) is 38.5 Å². The summed E-state index contributed by atoms with van der Waals surface area (Å²) >= 11 is 0. The molecule has 0 N–H and O–H groups in total. The van der Waals surface area contributed by atoms with Crippen molar-refractivity contribution in [2.45, 2.75) is 0 Å². The van der Waals surface area contributed by atoms with Crippen molar-refractivity contribution in [1.29, 1.82) is 0 Å². The third-order valence-electron chi connectivity index (χ3n) is 8.78. The molecule has 1 aliphatic rings. The number of para-hydroxylation sites is 2. The number of anilines is 3. The lowest BCUT2D eigenvalue weighted by molar-refractivity contribution is 0.476. The summed E-state index contributed by atoms with van der Waals surface area (Å²) in [7, 11) is 0. The summed E-state index contributed by atoms with van der Waals surface area (Å²) in [6, 6.07) is 60.2. The van der Waals surface area contributed by atoms with Gasteiger partial charge in [-0.25, -0.2) is 0 Å². The molecular formula is C42H28N2O. The Labute approximate surface area is 261 Å². The molecule has 2 heterocycles. The Bertz CT molecular complexity index is 2240. The number of hydrogen-bond donors (Lipinski definition) is 0. The highest BCUT2D eigenvalue weighted by Crippen LogP contribution is 2.47. The van der Waals surface area contributed by atoms with E-state index in [0.717, 1.165) is 39.8 Å². The molecule has 0 radical (unpaired) electrons. The molecule has 45 heavy (non-hydrogen) atoms. The van der Waals surface area contributed by atoms with Crippen molar-refractivity contribution in [3.63, 3.8) is 0 Å². The predicted octanol–water partition coefficient (Wildman–Crippen LogP) is 11.7. The minimum absolute atomic E-state index is 0.846. The zero-order valence-electron chi connectivity index (χ0n) is 24.5. The molecule has 0 bridgehead atoms. The molecule has 7 aromatic carbocycles. The number of fused-ring (bicyclic) bond motifs is 5. The van der Waals surface area contributed by atoms with Crippen LogP contribution in [0.4, 0.5) is 17.1 Å². The average molecular weight is 577 g/mol. The van der Waals surface area contributed by atoms with Crippen molar-refractivity contribution in [3.8, 4) is 39.4 Å². The van der Waals surface area contributed by atoms with Crippen LogP contribution in [0.1, 0.15) is 0 Å². The van der Waals surface area contributed by atoms with Crippen LogP contribution in [-0.4, -0.2) is 4.57 Å². The van der Waals surface area contributed by atoms with Gasteiger partial charge in [0.2, 0.25) is 0 Å². The fourth-order valence-corrected chi connectivity index (χ4v) is 6.66. The molecular weight excluding hydrogens is 548 g/mol. The van der Waals surface area contributed by atoms with Crippen molar-refractivity contribution in [2.24, 2.45) is 0 Å². The first-order valence-electron chi connectivity index (χ1n) is 15.3. The zero-order chi connectivity index (χ0) is 29.7. The lowest BCUT2D eigenvalue weighted by Crippen LogP contribution is -2.12. The maximum absolute atomic E-state index is 6.52. The summed E-state index contributed by atoms with van der Waals surface area (Å²) in [6.45, 7) is 0. The standard InChI is InChI=1S/C42H28N2O/c1-3-10-29(11-4-1)31-18-22-33(23-19-31)43(34-24-20-32(21-25-34)30-12-5-2-6-13-30)35-26-27-40-39(28-35)44-38-16-8-7-14-36(38)37-15-9-17-41(45-40)42(37)44/h1-28H. The first kappa shape index (κ1) is 25.4. The van der Waals surface area contributed by atoms with Crippen LogP contribution in [0, 0.1) is 0 Å². The van der Waals surface area contributed by atoms with Gasteiger partial charge in [-0.3, -0.25) is 0 Å². The molecule has 212 valence electrons. The highest BCUT2D eigenvalue weighted by molar-refractivity contribution is 6.12. The van der Waals surface area contributed by atoms with Gasteiger partial charge in [0.1, 0.15) is 0 Å². The predicted molar refractivity (Wildman–Crippen MR) is 186 cm³/mol. The number of nitrogens with zero attached hydrogens (tertiary/aromatic N) is 2. The fourth-order valence-electron chi connectivity index (χ4n) is 6.66. The first-order valence-corrected chi connectivity index (χ1v) is 15.3. The summed E-state index contributed by atoms with van der Waals surface area (Å²) in [5.41, 5.74) is 11.3. The van der Waals surface area contributed by atoms with Crippen molar-refractivity contribution in [2.75, 3.05) is 4.90 Å². The molecule has 0 fully saturated rings. The third kappa shape index (κ3) is 4.21. The van der Waals surface area contributed by atoms with Crippen LogP contribution >= 0.6 is 0 Å². The molecule has 0 amide bonds. The highest BCUT2D eigenvalue weighted by Gasteiger charge is 2.25. The van der Waals surface area contributed by atoms with E-state index in [-0.39, 0.29) is 0 Å². The zero-order valence-corrected chi connectivity index (χ0v) is 24.5. The molecule has 3 nitrogen and oxygen atoms in total. The maximum atomic E-state index is 6.52. The normalized spacial score (nSPS) is 11.7. The summed E-state index contributed by atoms with van der Waals surface area (Å²) in [5, 5.41) is 2.42. The van der Waals surface area contributed by atoms with E-state index in [4.69, 9.17) is 4.74 Å². The van der Waals surface area contributed by atoms with Gasteiger partial charge in [-0.1, -0.05) is 115 Å². The quantitative estimate of drug-likeness (QED) is 0.203. The summed E-state index contributed by atoms with van der Waals surface area (Å²) in [4.78, 5) is 2.33. The molecule has 0 saturated carbocycles. The van der Waals surface area contributed by atoms with Gasteiger partial charge in [0.25, 0.3) is 0 Å². The topological polar surface area (TPSA) is 17.4 Å². The Morgan fingerprint density at radius 3 is 1.58 bits per heavy atom. The van der Waals surface area contributed by atoms with Gasteiger partial charge in [0.15, 0.2) is 11.5 Å². The van der Waals surface area contributed by atoms with Crippen LogP contribution in [0.3, 0.4) is 0 Å². The van der Waals surface area contributed by atoms with Gasteiger partial charge < -0.3 is 14.2 Å². The van der Waals surface area contributed by atoms with Gasteiger partial charge in [-0.2, -0.15) is 0 Å². The lowest BCUT2D eigenvalue weighted by Gasteiger charge is -2.28. The van der Waals surface area contributed by atoms with Crippen molar-refractivity contribution < 1.29 is 4.74 Å². The third-order valence-corrected chi connectivity index (χ3v) is 8.78. The Balaban J connectivity index is 1.21. The van der Waals surface area contributed by atoms with E-state index in [1.54, 1.807) is 0 Å². The van der Waals surface area contributed by atoms with Gasteiger partial charge >= 0.3 is 0 Å². The average Bonchev–Trinajstić information content (AvgIpc) is 3.46. The fraction of sp³-hybridized carbons (Fsp3) is 0. The van der Waals surface area contributed by atoms with Gasteiger partial charge in [-0.05, 0) is 76.9 Å². The smallest absolute Gasteiger partial charge is 0.152 e. The van der Waals surface area contributed by atoms with Crippen LogP contribution < -0.4 is 9.64 Å². The Morgan fingerprint density at radius 1 is 0.400 bits per heavy atom. The van der Waals surface area contributed by atoms with E-state index < -0.39 is 0 Å². The van der Waals surface area contributed by atoms with Crippen LogP contribution in [0.15, 0.2) is 170 Å². The second-order valence-electron chi connectivity index (χ2n) is 11.4. The Hall–Kier alpha value is -6.06. The molecule has 0 unspecified atom stereocenters. The number of hydrogen-bond acceptors (Lipinski definition) is 2. The SMILES string of the molecule is c1ccc(-c2ccc(N(c3ccc(-c4ccccc4)cc3)c3ccc4c(c3)-n3c5ccccc5c5cccc(c53)O4)cc2)cc1. The van der Waals surface area contributed by atoms with E-state index in [0.29, 0.717) is 0 Å². The molecule has 0 saturated heterocycles. The van der Waals surface area contributed by atoms with Crippen LogP contribution in [0.25, 0.3) is 49.7 Å². The van der Waals surface area contributed by atoms with Crippen molar-refractivity contribution in [1.82, 2.24) is 4.57 Å². The number of aromatic nitrogens is 1. The maximum Gasteiger partial charge on any atom is 0.152 e. The van der Waals surface area contributed by atoms with Crippen LogP contribution in [-0.2, 0) is 0 Å². The van der Waals surface area contributed by atoms with E-state index >= 15 is 0 Å². The minimum Gasteiger partial charge on any atom is -0.453 e. The molecule has 3 heteroatoms. The summed E-state index contributed by atoms with van der Waals surface area (Å²) in [5.74, 6) is 1.73. The Morgan fingerprint density at radius 2 is 0.933 bits per heavy atom.